The molecule has 0 bridgehead atoms. The number of ether oxygens (including phenoxy) is 2. The van der Waals surface area contributed by atoms with Gasteiger partial charge >= 0.3 is 5.97 Å². The fraction of sp³-hybridized carbons (Fsp3) is 0.444. The van der Waals surface area contributed by atoms with E-state index in [4.69, 9.17) is 4.74 Å². The Kier molecular flexibility index (Phi) is 7.00. The van der Waals surface area contributed by atoms with Crippen LogP contribution in [0.2, 0.25) is 0 Å². The van der Waals surface area contributed by atoms with Crippen LogP contribution in [0, 0.1) is 11.8 Å². The molecule has 0 atom stereocenters. The van der Waals surface area contributed by atoms with Crippen LogP contribution in [0.3, 0.4) is 0 Å². The summed E-state index contributed by atoms with van der Waals surface area (Å²) in [6.45, 7) is 2.36. The Labute approximate surface area is 72.4 Å². The highest BCUT2D eigenvalue weighted by Crippen LogP contribution is 1.79. The highest BCUT2D eigenvalue weighted by molar-refractivity contribution is 5.88. The van der Waals surface area contributed by atoms with Crippen LogP contribution in [0.1, 0.15) is 6.92 Å². The van der Waals surface area contributed by atoms with E-state index in [2.05, 4.69) is 16.6 Å². The van der Waals surface area contributed by atoms with Crippen molar-refractivity contribution in [3.63, 3.8) is 0 Å². The van der Waals surface area contributed by atoms with Gasteiger partial charge in [-0.15, -0.1) is 0 Å². The first-order valence-electron chi connectivity index (χ1n) is 3.54. The van der Waals surface area contributed by atoms with Crippen LogP contribution in [-0.4, -0.2) is 26.3 Å². The zero-order valence-corrected chi connectivity index (χ0v) is 7.29. The maximum Gasteiger partial charge on any atom is 0.384 e. The molecule has 0 aromatic rings. The first-order valence-corrected chi connectivity index (χ1v) is 3.54. The molecule has 3 nitrogen and oxygen atoms in total. The highest BCUT2D eigenvalue weighted by Gasteiger charge is 1.91. The summed E-state index contributed by atoms with van der Waals surface area (Å²) in [5, 5.41) is 0. The number of carbonyl (C=O) groups is 1. The van der Waals surface area contributed by atoms with Crippen molar-refractivity contribution in [2.75, 3.05) is 20.3 Å². The summed E-state index contributed by atoms with van der Waals surface area (Å²) in [7, 11) is 1.60. The maximum atomic E-state index is 10.6. The van der Waals surface area contributed by atoms with Gasteiger partial charge in [0, 0.05) is 13.0 Å². The Hall–Kier alpha value is -1.27. The normalized spacial score (nSPS) is 9.17. The first kappa shape index (κ1) is 10.7. The molecule has 0 aliphatic heterocycles. The smallest absolute Gasteiger partial charge is 0.384 e. The zero-order chi connectivity index (χ0) is 9.23. The highest BCUT2D eigenvalue weighted by atomic mass is 16.5. The molecule has 3 heteroatoms. The fourth-order valence-corrected chi connectivity index (χ4v) is 0.494. The second-order valence-electron chi connectivity index (χ2n) is 1.90. The van der Waals surface area contributed by atoms with Gasteiger partial charge in [-0.1, -0.05) is 12.0 Å². The molecule has 12 heavy (non-hydrogen) atoms. The van der Waals surface area contributed by atoms with Crippen LogP contribution in [-0.2, 0) is 14.3 Å². The topological polar surface area (TPSA) is 35.5 Å². The monoisotopic (exact) mass is 168 g/mol. The predicted molar refractivity (Wildman–Crippen MR) is 45.4 cm³/mol. The van der Waals surface area contributed by atoms with Crippen LogP contribution in [0.5, 0.6) is 0 Å². The van der Waals surface area contributed by atoms with Gasteiger partial charge in [0.25, 0.3) is 0 Å². The Morgan fingerprint density at radius 3 is 2.67 bits per heavy atom. The molecule has 0 spiro atoms. The summed E-state index contributed by atoms with van der Waals surface area (Å²) in [6.07, 6.45) is 3.48. The van der Waals surface area contributed by atoms with E-state index in [1.54, 1.807) is 26.2 Å². The minimum Gasteiger partial charge on any atom is -0.452 e. The van der Waals surface area contributed by atoms with Gasteiger partial charge in [0.15, 0.2) is 0 Å². The third kappa shape index (κ3) is 6.84. The van der Waals surface area contributed by atoms with Crippen LogP contribution < -0.4 is 0 Å². The molecule has 66 valence electrons. The first-order chi connectivity index (χ1) is 5.81. The van der Waals surface area contributed by atoms with Gasteiger partial charge in [0.05, 0.1) is 6.61 Å². The van der Waals surface area contributed by atoms with Crippen molar-refractivity contribution < 1.29 is 14.3 Å². The molecule has 0 amide bonds. The third-order valence-corrected chi connectivity index (χ3v) is 0.967. The largest absolute Gasteiger partial charge is 0.452 e. The number of hydrogen-bond donors (Lipinski definition) is 0. The van der Waals surface area contributed by atoms with E-state index in [1.807, 2.05) is 0 Å². The van der Waals surface area contributed by atoms with Crippen molar-refractivity contribution >= 4 is 5.97 Å². The summed E-state index contributed by atoms with van der Waals surface area (Å²) in [6, 6.07) is 0. The molecule has 0 unspecified atom stereocenters. The van der Waals surface area contributed by atoms with Crippen molar-refractivity contribution in [3.8, 4) is 11.8 Å². The van der Waals surface area contributed by atoms with E-state index in [0.29, 0.717) is 6.61 Å². The predicted octanol–water partition coefficient (Wildman–Crippen LogP) is 0.755. The van der Waals surface area contributed by atoms with Crippen molar-refractivity contribution in [1.82, 2.24) is 0 Å². The Morgan fingerprint density at radius 2 is 2.08 bits per heavy atom. The fourth-order valence-electron chi connectivity index (χ4n) is 0.494. The Morgan fingerprint density at radius 1 is 1.42 bits per heavy atom. The zero-order valence-electron chi connectivity index (χ0n) is 7.29. The average Bonchev–Trinajstić information content (AvgIpc) is 2.05. The average molecular weight is 168 g/mol. The summed E-state index contributed by atoms with van der Waals surface area (Å²) in [4.78, 5) is 10.6. The van der Waals surface area contributed by atoms with Gasteiger partial charge < -0.3 is 9.47 Å². The molecule has 0 aromatic heterocycles. The minimum atomic E-state index is -0.500. The lowest BCUT2D eigenvalue weighted by atomic mass is 10.5. The molecule has 0 aliphatic rings. The van der Waals surface area contributed by atoms with Crippen LogP contribution in [0.15, 0.2) is 12.2 Å². The standard InChI is InChI=1S/C9H12O3/c1-3-6-9(10)12-8-5-4-7-11-2/h4-5H,7-8H2,1-2H3/b5-4+. The molecular formula is C9H12O3. The summed E-state index contributed by atoms with van der Waals surface area (Å²) >= 11 is 0. The third-order valence-electron chi connectivity index (χ3n) is 0.967. The molecule has 0 N–H and O–H groups in total. The van der Waals surface area contributed by atoms with Crippen LogP contribution in [0.25, 0.3) is 0 Å². The second kappa shape index (κ2) is 7.83. The van der Waals surface area contributed by atoms with Gasteiger partial charge in [0.2, 0.25) is 0 Å². The van der Waals surface area contributed by atoms with Gasteiger partial charge in [-0.25, -0.2) is 4.79 Å². The molecule has 0 fully saturated rings. The van der Waals surface area contributed by atoms with Crippen molar-refractivity contribution in [1.29, 1.82) is 0 Å². The lowest BCUT2D eigenvalue weighted by Crippen LogP contribution is -2.00. The minimum absolute atomic E-state index is 0.247. The van der Waals surface area contributed by atoms with E-state index < -0.39 is 5.97 Å². The molecule has 0 heterocycles. The van der Waals surface area contributed by atoms with Gasteiger partial charge in [-0.05, 0) is 13.0 Å². The van der Waals surface area contributed by atoms with E-state index in [1.165, 1.54) is 0 Å². The lowest BCUT2D eigenvalue weighted by molar-refractivity contribution is -0.135. The molecule has 0 aromatic carbocycles. The van der Waals surface area contributed by atoms with Crippen LogP contribution in [0.4, 0.5) is 0 Å². The summed E-state index contributed by atoms with van der Waals surface area (Å²) < 4.78 is 9.42. The number of hydrogen-bond acceptors (Lipinski definition) is 3. The van der Waals surface area contributed by atoms with Gasteiger partial charge in [0.1, 0.15) is 6.61 Å². The number of methoxy groups -OCH3 is 1. The quantitative estimate of drug-likeness (QED) is 0.269. The summed E-state index contributed by atoms with van der Waals surface area (Å²) in [5.41, 5.74) is 0. The molecule has 0 saturated heterocycles. The van der Waals surface area contributed by atoms with Crippen molar-refractivity contribution in [2.45, 2.75) is 6.92 Å². The molecule has 0 rings (SSSR count). The van der Waals surface area contributed by atoms with Gasteiger partial charge in [-0.2, -0.15) is 0 Å². The maximum absolute atomic E-state index is 10.6. The second-order valence-corrected chi connectivity index (χ2v) is 1.90. The Balaban J connectivity index is 3.41. The SMILES string of the molecule is CC#CC(=O)OC/C=C/COC. The van der Waals surface area contributed by atoms with E-state index in [0.717, 1.165) is 0 Å². The molecule has 0 radical (unpaired) electrons. The lowest BCUT2D eigenvalue weighted by Gasteiger charge is -1.93. The number of esters is 1. The number of carbonyl (C=O) groups excluding carboxylic acids is 1. The van der Waals surface area contributed by atoms with Crippen molar-refractivity contribution in [2.24, 2.45) is 0 Å². The molecule has 0 aliphatic carbocycles. The Bertz CT molecular complexity index is 208. The molecular weight excluding hydrogens is 156 g/mol. The molecule has 0 saturated carbocycles. The summed E-state index contributed by atoms with van der Waals surface area (Å²) in [5.74, 6) is 4.21. The van der Waals surface area contributed by atoms with E-state index >= 15 is 0 Å². The van der Waals surface area contributed by atoms with Gasteiger partial charge in [-0.3, -0.25) is 0 Å². The van der Waals surface area contributed by atoms with Crippen molar-refractivity contribution in [3.05, 3.63) is 12.2 Å². The van der Waals surface area contributed by atoms with E-state index in [9.17, 15) is 4.79 Å². The van der Waals surface area contributed by atoms with E-state index in [-0.39, 0.29) is 6.61 Å². The number of rotatable bonds is 4. The van der Waals surface area contributed by atoms with Crippen LogP contribution >= 0.6 is 0 Å².